The number of hydrogen-bond acceptors (Lipinski definition) is 5. The van der Waals surface area contributed by atoms with E-state index < -0.39 is 5.91 Å². The molecule has 0 aliphatic heterocycles. The molecule has 1 aliphatic carbocycles. The molecule has 6 heteroatoms. The lowest BCUT2D eigenvalue weighted by molar-refractivity contribution is -0.117. The molecule has 0 saturated heterocycles. The number of para-hydroxylation sites is 1. The van der Waals surface area contributed by atoms with Gasteiger partial charge >= 0.3 is 0 Å². The quantitative estimate of drug-likeness (QED) is 0.345. The maximum atomic E-state index is 12.3. The maximum Gasteiger partial charge on any atom is 0.267 e. The summed E-state index contributed by atoms with van der Waals surface area (Å²) in [5.74, 6) is 4.61. The van der Waals surface area contributed by atoms with E-state index in [1.807, 2.05) is 13.8 Å². The van der Waals surface area contributed by atoms with Crippen LogP contribution in [-0.4, -0.2) is 22.5 Å². The topological polar surface area (TPSA) is 105 Å². The highest BCUT2D eigenvalue weighted by Gasteiger charge is 2.34. The van der Waals surface area contributed by atoms with Gasteiger partial charge in [-0.15, -0.1) is 0 Å². The number of nitrogens with zero attached hydrogens (tertiary/aromatic N) is 1. The first-order valence-corrected chi connectivity index (χ1v) is 7.36. The van der Waals surface area contributed by atoms with Gasteiger partial charge in [-0.05, 0) is 24.5 Å². The Kier molecular flexibility index (Phi) is 4.65. The van der Waals surface area contributed by atoms with Crippen LogP contribution in [0.3, 0.4) is 0 Å². The Labute approximate surface area is 135 Å². The van der Waals surface area contributed by atoms with E-state index in [4.69, 9.17) is 5.84 Å². The van der Waals surface area contributed by atoms with Crippen LogP contribution in [0, 0.1) is 5.41 Å². The van der Waals surface area contributed by atoms with Gasteiger partial charge in [-0.25, -0.2) is 5.84 Å². The first kappa shape index (κ1) is 16.9. The minimum absolute atomic E-state index is 0.0493. The number of rotatable bonds is 3. The van der Waals surface area contributed by atoms with Crippen LogP contribution < -0.4 is 11.3 Å². The van der Waals surface area contributed by atoms with Crippen molar-refractivity contribution in [2.75, 3.05) is 0 Å². The number of benzene rings is 1. The van der Waals surface area contributed by atoms with Crippen molar-refractivity contribution in [2.45, 2.75) is 33.6 Å². The van der Waals surface area contributed by atoms with Crippen molar-refractivity contribution >= 4 is 23.1 Å². The number of hydrazine groups is 1. The first-order valence-electron chi connectivity index (χ1n) is 7.36. The number of aliphatic hydroxyl groups is 1. The number of hydrogen-bond donors (Lipinski definition) is 3. The standard InChI is InChI=1S/C17H21N3O3/c1-10(15-13(21)8-17(2,3)9-14(15)22)19-12-7-5-4-6-11(12)16(23)20-18/h4-7,21H,8-9,18H2,1-3H3,(H,20,23). The number of allylic oxidation sites excluding steroid dienone is 2. The second kappa shape index (κ2) is 6.34. The van der Waals surface area contributed by atoms with Gasteiger partial charge in [0, 0.05) is 12.8 Å². The molecule has 2 rings (SSSR count). The highest BCUT2D eigenvalue weighted by Crippen LogP contribution is 2.36. The van der Waals surface area contributed by atoms with Gasteiger partial charge in [0.05, 0.1) is 22.5 Å². The summed E-state index contributed by atoms with van der Waals surface area (Å²) in [7, 11) is 0. The van der Waals surface area contributed by atoms with Gasteiger partial charge < -0.3 is 5.11 Å². The zero-order valence-electron chi connectivity index (χ0n) is 13.5. The smallest absolute Gasteiger partial charge is 0.267 e. The van der Waals surface area contributed by atoms with Gasteiger partial charge in [-0.2, -0.15) is 0 Å². The van der Waals surface area contributed by atoms with E-state index in [1.54, 1.807) is 31.2 Å². The first-order chi connectivity index (χ1) is 10.7. The second-order valence-corrected chi connectivity index (χ2v) is 6.45. The molecule has 0 aromatic heterocycles. The molecule has 122 valence electrons. The number of nitrogens with one attached hydrogen (secondary N) is 1. The Morgan fingerprint density at radius 1 is 1.30 bits per heavy atom. The fourth-order valence-corrected chi connectivity index (χ4v) is 2.78. The van der Waals surface area contributed by atoms with Crippen LogP contribution in [0.25, 0.3) is 0 Å². The number of nitrogens with two attached hydrogens (primary N) is 1. The van der Waals surface area contributed by atoms with Gasteiger partial charge in [-0.3, -0.25) is 20.0 Å². The van der Waals surface area contributed by atoms with Crippen molar-refractivity contribution in [3.05, 3.63) is 41.2 Å². The summed E-state index contributed by atoms with van der Waals surface area (Å²) in [5, 5.41) is 10.2. The van der Waals surface area contributed by atoms with Gasteiger partial charge in [0.1, 0.15) is 5.76 Å². The molecule has 0 fully saturated rings. The van der Waals surface area contributed by atoms with E-state index in [-0.39, 0.29) is 22.5 Å². The lowest BCUT2D eigenvalue weighted by atomic mass is 9.76. The molecule has 0 atom stereocenters. The number of Topliss-reactive ketones (excluding diaryl/α,β-unsaturated/α-hetero) is 1. The van der Waals surface area contributed by atoms with Crippen molar-refractivity contribution < 1.29 is 14.7 Å². The van der Waals surface area contributed by atoms with Crippen LogP contribution in [0.15, 0.2) is 40.6 Å². The maximum absolute atomic E-state index is 12.3. The average Bonchev–Trinajstić information content (AvgIpc) is 2.44. The SMILES string of the molecule is CC(=Nc1ccccc1C(=O)NN)C1=C(O)CC(C)(C)CC1=O. The number of amides is 1. The molecule has 0 spiro atoms. The highest BCUT2D eigenvalue weighted by molar-refractivity contribution is 6.23. The predicted octanol–water partition coefficient (Wildman–Crippen LogP) is 2.58. The molecule has 1 amide bonds. The molecule has 4 N–H and O–H groups in total. The third-order valence-electron chi connectivity index (χ3n) is 3.78. The molecule has 0 saturated carbocycles. The molecule has 0 bridgehead atoms. The lowest BCUT2D eigenvalue weighted by Gasteiger charge is -2.29. The Morgan fingerprint density at radius 3 is 2.57 bits per heavy atom. The zero-order valence-corrected chi connectivity index (χ0v) is 13.5. The molecule has 1 aromatic rings. The van der Waals surface area contributed by atoms with Gasteiger partial charge in [-0.1, -0.05) is 26.0 Å². The summed E-state index contributed by atoms with van der Waals surface area (Å²) in [5.41, 5.74) is 3.13. The van der Waals surface area contributed by atoms with E-state index in [0.717, 1.165) is 0 Å². The molecule has 1 aromatic carbocycles. The van der Waals surface area contributed by atoms with Crippen LogP contribution in [0.5, 0.6) is 0 Å². The molecule has 0 radical (unpaired) electrons. The normalized spacial score (nSPS) is 18.1. The highest BCUT2D eigenvalue weighted by atomic mass is 16.3. The summed E-state index contributed by atoms with van der Waals surface area (Å²) in [6.45, 7) is 5.52. The number of aliphatic hydroxyl groups excluding tert-OH is 1. The van der Waals surface area contributed by atoms with Crippen molar-refractivity contribution in [3.8, 4) is 0 Å². The summed E-state index contributed by atoms with van der Waals surface area (Å²) in [6, 6.07) is 6.68. The number of ketones is 1. The fourth-order valence-electron chi connectivity index (χ4n) is 2.78. The summed E-state index contributed by atoms with van der Waals surface area (Å²) in [6.07, 6.45) is 0.774. The Bertz CT molecular complexity index is 718. The average molecular weight is 315 g/mol. The van der Waals surface area contributed by atoms with Gasteiger partial charge in [0.15, 0.2) is 5.78 Å². The van der Waals surface area contributed by atoms with Crippen LogP contribution in [-0.2, 0) is 4.79 Å². The molecule has 23 heavy (non-hydrogen) atoms. The molecule has 1 aliphatic rings. The van der Waals surface area contributed by atoms with Gasteiger partial charge in [0.25, 0.3) is 5.91 Å². The van der Waals surface area contributed by atoms with Crippen molar-refractivity contribution in [1.82, 2.24) is 5.43 Å². The van der Waals surface area contributed by atoms with Gasteiger partial charge in [0.2, 0.25) is 0 Å². The molecule has 0 unspecified atom stereocenters. The predicted molar refractivity (Wildman–Crippen MR) is 88.5 cm³/mol. The molecular formula is C17H21N3O3. The summed E-state index contributed by atoms with van der Waals surface area (Å²) in [4.78, 5) is 28.5. The third kappa shape index (κ3) is 3.65. The zero-order chi connectivity index (χ0) is 17.2. The molecule has 6 nitrogen and oxygen atoms in total. The summed E-state index contributed by atoms with van der Waals surface area (Å²) < 4.78 is 0. The molecule has 0 heterocycles. The number of nitrogen functional groups attached to an aromatic ring is 1. The minimum Gasteiger partial charge on any atom is -0.511 e. The number of carbonyl (C=O) groups is 2. The molecular weight excluding hydrogens is 294 g/mol. The number of aliphatic imine (C=N–C) groups is 1. The van der Waals surface area contributed by atoms with E-state index in [0.29, 0.717) is 29.8 Å². The van der Waals surface area contributed by atoms with Crippen molar-refractivity contribution in [3.63, 3.8) is 0 Å². The van der Waals surface area contributed by atoms with E-state index in [2.05, 4.69) is 10.4 Å². The Balaban J connectivity index is 2.45. The van der Waals surface area contributed by atoms with Crippen molar-refractivity contribution in [1.29, 1.82) is 0 Å². The Hall–Kier alpha value is -2.47. The minimum atomic E-state index is -0.466. The van der Waals surface area contributed by atoms with Crippen LogP contribution in [0.4, 0.5) is 5.69 Å². The van der Waals surface area contributed by atoms with E-state index >= 15 is 0 Å². The monoisotopic (exact) mass is 315 g/mol. The second-order valence-electron chi connectivity index (χ2n) is 6.45. The largest absolute Gasteiger partial charge is 0.511 e. The fraction of sp³-hybridized carbons (Fsp3) is 0.353. The van der Waals surface area contributed by atoms with E-state index in [9.17, 15) is 14.7 Å². The third-order valence-corrected chi connectivity index (χ3v) is 3.78. The van der Waals surface area contributed by atoms with Crippen LogP contribution in [0.2, 0.25) is 0 Å². The van der Waals surface area contributed by atoms with Crippen LogP contribution in [0.1, 0.15) is 44.0 Å². The lowest BCUT2D eigenvalue weighted by Crippen LogP contribution is -2.30. The summed E-state index contributed by atoms with van der Waals surface area (Å²) >= 11 is 0. The van der Waals surface area contributed by atoms with Crippen LogP contribution >= 0.6 is 0 Å². The van der Waals surface area contributed by atoms with E-state index in [1.165, 1.54) is 0 Å². The number of carbonyl (C=O) groups excluding carboxylic acids is 2. The van der Waals surface area contributed by atoms with Crippen molar-refractivity contribution in [2.24, 2.45) is 16.3 Å². The Morgan fingerprint density at radius 2 is 1.96 bits per heavy atom.